The van der Waals surface area contributed by atoms with Crippen LogP contribution in [0.4, 0.5) is 5.69 Å². The van der Waals surface area contributed by atoms with Crippen molar-refractivity contribution in [2.45, 2.75) is 0 Å². The zero-order valence-electron chi connectivity index (χ0n) is 16.9. The molecule has 0 spiro atoms. The van der Waals surface area contributed by atoms with E-state index in [1.807, 2.05) is 0 Å². The minimum Gasteiger partial charge on any atom is -0.495 e. The largest absolute Gasteiger partial charge is 0.495 e. The Morgan fingerprint density at radius 3 is 2.28 bits per heavy atom. The number of benzene rings is 3. The Hall–Kier alpha value is -3.98. The van der Waals surface area contributed by atoms with Crippen molar-refractivity contribution in [1.29, 1.82) is 0 Å². The van der Waals surface area contributed by atoms with Crippen molar-refractivity contribution >= 4 is 45.6 Å². The van der Waals surface area contributed by atoms with Crippen LogP contribution in [-0.2, 0) is 9.59 Å². The highest BCUT2D eigenvalue weighted by molar-refractivity contribution is 9.10. The molecular formula is C23H18BrN3O5. The van der Waals surface area contributed by atoms with E-state index in [-0.39, 0.29) is 0 Å². The molecule has 162 valence electrons. The van der Waals surface area contributed by atoms with E-state index in [1.54, 1.807) is 72.8 Å². The molecule has 0 radical (unpaired) electrons. The quantitative estimate of drug-likeness (QED) is 0.178. The first kappa shape index (κ1) is 22.7. The molecule has 3 rings (SSSR count). The van der Waals surface area contributed by atoms with Gasteiger partial charge in [-0.1, -0.05) is 28.1 Å². The lowest BCUT2D eigenvalue weighted by Crippen LogP contribution is -2.32. The second kappa shape index (κ2) is 10.9. The van der Waals surface area contributed by atoms with Gasteiger partial charge in [0.1, 0.15) is 11.5 Å². The van der Waals surface area contributed by atoms with E-state index in [0.717, 1.165) is 4.47 Å². The number of hydrazone groups is 1. The van der Waals surface area contributed by atoms with Gasteiger partial charge in [-0.2, -0.15) is 5.10 Å². The number of nitrogens with one attached hydrogen (secondary N) is 2. The van der Waals surface area contributed by atoms with Crippen molar-refractivity contribution in [1.82, 2.24) is 5.43 Å². The molecule has 9 heteroatoms. The predicted octanol–water partition coefficient (Wildman–Crippen LogP) is 3.77. The highest BCUT2D eigenvalue weighted by atomic mass is 79.9. The number of carbonyl (C=O) groups is 3. The highest BCUT2D eigenvalue weighted by Gasteiger charge is 2.15. The number of anilines is 1. The van der Waals surface area contributed by atoms with Crippen molar-refractivity contribution in [3.8, 4) is 11.5 Å². The number of hydrogen-bond donors (Lipinski definition) is 2. The molecule has 2 amide bonds. The molecular weight excluding hydrogens is 478 g/mol. The third-order valence-electron chi connectivity index (χ3n) is 4.11. The molecule has 0 heterocycles. The molecule has 0 aliphatic rings. The van der Waals surface area contributed by atoms with Gasteiger partial charge in [0.25, 0.3) is 0 Å². The van der Waals surface area contributed by atoms with Gasteiger partial charge in [-0.25, -0.2) is 10.2 Å². The first-order valence-corrected chi connectivity index (χ1v) is 10.1. The van der Waals surface area contributed by atoms with Gasteiger partial charge in [-0.15, -0.1) is 0 Å². The van der Waals surface area contributed by atoms with Crippen molar-refractivity contribution < 1.29 is 23.9 Å². The Kier molecular flexibility index (Phi) is 7.71. The fourth-order valence-electron chi connectivity index (χ4n) is 2.52. The van der Waals surface area contributed by atoms with Gasteiger partial charge in [0.2, 0.25) is 0 Å². The van der Waals surface area contributed by atoms with Crippen LogP contribution in [0.15, 0.2) is 82.4 Å². The number of rotatable bonds is 6. The standard InChI is InChI=1S/C23H18BrN3O5/c1-31-20-5-3-2-4-19(20)26-21(28)22(29)27-25-14-15-6-12-18(13-7-15)32-23(30)16-8-10-17(24)11-9-16/h2-14H,1H3,(H,26,28)(H,27,29)/b25-14-. The molecule has 0 aliphatic carbocycles. The number of nitrogens with zero attached hydrogens (tertiary/aromatic N) is 1. The maximum absolute atomic E-state index is 12.1. The zero-order valence-corrected chi connectivity index (χ0v) is 18.5. The Bertz CT molecular complexity index is 1150. The summed E-state index contributed by atoms with van der Waals surface area (Å²) >= 11 is 3.31. The molecule has 0 fully saturated rings. The summed E-state index contributed by atoms with van der Waals surface area (Å²) < 4.78 is 11.3. The average molecular weight is 496 g/mol. The first-order chi connectivity index (χ1) is 15.5. The van der Waals surface area contributed by atoms with Crippen molar-refractivity contribution in [3.63, 3.8) is 0 Å². The number of methoxy groups -OCH3 is 1. The van der Waals surface area contributed by atoms with Gasteiger partial charge in [0.15, 0.2) is 0 Å². The second-order valence-corrected chi connectivity index (χ2v) is 7.23. The molecule has 0 saturated heterocycles. The van der Waals surface area contributed by atoms with E-state index in [9.17, 15) is 14.4 Å². The van der Waals surface area contributed by atoms with Crippen LogP contribution in [0.5, 0.6) is 11.5 Å². The topological polar surface area (TPSA) is 106 Å². The van der Waals surface area contributed by atoms with Crippen LogP contribution in [0, 0.1) is 0 Å². The second-order valence-electron chi connectivity index (χ2n) is 6.32. The third-order valence-corrected chi connectivity index (χ3v) is 4.64. The lowest BCUT2D eigenvalue weighted by atomic mass is 10.2. The number of hydrogen-bond acceptors (Lipinski definition) is 6. The molecule has 0 bridgehead atoms. The summed E-state index contributed by atoms with van der Waals surface area (Å²) in [5.74, 6) is -1.52. The molecule has 2 N–H and O–H groups in total. The number of halogens is 1. The summed E-state index contributed by atoms with van der Waals surface area (Å²) in [5.41, 5.74) is 3.57. The van der Waals surface area contributed by atoms with Crippen LogP contribution < -0.4 is 20.2 Å². The van der Waals surface area contributed by atoms with Gasteiger partial charge in [0.05, 0.1) is 24.6 Å². The normalized spacial score (nSPS) is 10.4. The molecule has 0 atom stereocenters. The van der Waals surface area contributed by atoms with Crippen LogP contribution in [-0.4, -0.2) is 31.1 Å². The fourth-order valence-corrected chi connectivity index (χ4v) is 2.78. The predicted molar refractivity (Wildman–Crippen MR) is 123 cm³/mol. The van der Waals surface area contributed by atoms with E-state index < -0.39 is 17.8 Å². The van der Waals surface area contributed by atoms with Crippen LogP contribution in [0.2, 0.25) is 0 Å². The molecule has 0 saturated carbocycles. The number of amides is 2. The van der Waals surface area contributed by atoms with Crippen molar-refractivity contribution in [2.75, 3.05) is 12.4 Å². The minimum absolute atomic E-state index is 0.357. The third kappa shape index (κ3) is 6.26. The summed E-state index contributed by atoms with van der Waals surface area (Å²) in [5, 5.41) is 6.22. The number of carbonyl (C=O) groups excluding carboxylic acids is 3. The molecule has 0 aliphatic heterocycles. The number of esters is 1. The fraction of sp³-hybridized carbons (Fsp3) is 0.0435. The SMILES string of the molecule is COc1ccccc1NC(=O)C(=O)N/N=C\c1ccc(OC(=O)c2ccc(Br)cc2)cc1. The van der Waals surface area contributed by atoms with E-state index in [4.69, 9.17) is 9.47 Å². The molecule has 0 aromatic heterocycles. The van der Waals surface area contributed by atoms with Gasteiger partial charge < -0.3 is 14.8 Å². The van der Waals surface area contributed by atoms with E-state index in [2.05, 4.69) is 31.8 Å². The lowest BCUT2D eigenvalue weighted by molar-refractivity contribution is -0.136. The molecule has 32 heavy (non-hydrogen) atoms. The molecule has 0 unspecified atom stereocenters. The maximum atomic E-state index is 12.1. The average Bonchev–Trinajstić information content (AvgIpc) is 2.80. The molecule has 3 aromatic rings. The molecule has 3 aromatic carbocycles. The van der Waals surface area contributed by atoms with Gasteiger partial charge in [-0.05, 0) is 66.2 Å². The van der Waals surface area contributed by atoms with Gasteiger partial charge in [0, 0.05) is 4.47 Å². The van der Waals surface area contributed by atoms with Gasteiger partial charge in [-0.3, -0.25) is 9.59 Å². The van der Waals surface area contributed by atoms with Crippen molar-refractivity contribution in [3.05, 3.63) is 88.4 Å². The smallest absolute Gasteiger partial charge is 0.343 e. The Labute approximate surface area is 192 Å². The van der Waals surface area contributed by atoms with E-state index >= 15 is 0 Å². The monoisotopic (exact) mass is 495 g/mol. The lowest BCUT2D eigenvalue weighted by Gasteiger charge is -2.08. The van der Waals surface area contributed by atoms with Crippen molar-refractivity contribution in [2.24, 2.45) is 5.10 Å². The van der Waals surface area contributed by atoms with Crippen LogP contribution in [0.1, 0.15) is 15.9 Å². The Morgan fingerprint density at radius 2 is 1.59 bits per heavy atom. The van der Waals surface area contributed by atoms with Crippen LogP contribution in [0.25, 0.3) is 0 Å². The van der Waals surface area contributed by atoms with Crippen LogP contribution >= 0.6 is 15.9 Å². The highest BCUT2D eigenvalue weighted by Crippen LogP contribution is 2.22. The Morgan fingerprint density at radius 1 is 0.906 bits per heavy atom. The van der Waals surface area contributed by atoms with Crippen LogP contribution in [0.3, 0.4) is 0 Å². The Balaban J connectivity index is 1.52. The number of ether oxygens (including phenoxy) is 2. The minimum atomic E-state index is -0.938. The zero-order chi connectivity index (χ0) is 22.9. The first-order valence-electron chi connectivity index (χ1n) is 9.31. The summed E-state index contributed by atoms with van der Waals surface area (Å²) in [4.78, 5) is 36.1. The summed E-state index contributed by atoms with van der Waals surface area (Å²) in [6, 6.07) is 20.0. The van der Waals surface area contributed by atoms with Gasteiger partial charge >= 0.3 is 17.8 Å². The summed E-state index contributed by atoms with van der Waals surface area (Å²) in [6.07, 6.45) is 1.36. The summed E-state index contributed by atoms with van der Waals surface area (Å²) in [7, 11) is 1.46. The molecule has 8 nitrogen and oxygen atoms in total. The maximum Gasteiger partial charge on any atom is 0.343 e. The summed E-state index contributed by atoms with van der Waals surface area (Å²) in [6.45, 7) is 0. The van der Waals surface area contributed by atoms with E-state index in [0.29, 0.717) is 28.3 Å². The number of para-hydroxylation sites is 2. The van der Waals surface area contributed by atoms with E-state index in [1.165, 1.54) is 13.3 Å².